The first kappa shape index (κ1) is 16.4. The lowest BCUT2D eigenvalue weighted by Crippen LogP contribution is -2.56. The highest BCUT2D eigenvalue weighted by Gasteiger charge is 2.33. The van der Waals surface area contributed by atoms with Crippen LogP contribution in [0, 0.1) is 6.92 Å². The number of aryl methyl sites for hydroxylation is 1. The average Bonchev–Trinajstić information content (AvgIpc) is 2.32. The second-order valence-electron chi connectivity index (χ2n) is 5.05. The van der Waals surface area contributed by atoms with Gasteiger partial charge in [-0.05, 0) is 38.5 Å². The largest absolute Gasteiger partial charge is 0.311 e. The highest BCUT2D eigenvalue weighted by atomic mass is 35.5. The molecule has 1 aliphatic rings. The Morgan fingerprint density at radius 1 is 1.32 bits per heavy atom. The van der Waals surface area contributed by atoms with Crippen molar-refractivity contribution in [3.8, 4) is 0 Å². The second kappa shape index (κ2) is 6.22. The zero-order valence-corrected chi connectivity index (χ0v) is 13.1. The lowest BCUT2D eigenvalue weighted by atomic mass is 10.2. The molecule has 108 valence electrons. The van der Waals surface area contributed by atoms with Crippen molar-refractivity contribution >= 4 is 22.4 Å². The van der Waals surface area contributed by atoms with Crippen molar-refractivity contribution < 1.29 is 8.42 Å². The molecule has 1 N–H and O–H groups in total. The van der Waals surface area contributed by atoms with Crippen molar-refractivity contribution in [3.05, 3.63) is 29.8 Å². The van der Waals surface area contributed by atoms with E-state index < -0.39 is 10.0 Å². The summed E-state index contributed by atoms with van der Waals surface area (Å²) in [6.07, 6.45) is 0. The Balaban J connectivity index is 0.00000180. The fraction of sp³-hybridized carbons (Fsp3) is 0.538. The number of nitrogens with one attached hydrogen (secondary N) is 1. The van der Waals surface area contributed by atoms with Crippen molar-refractivity contribution in [1.29, 1.82) is 0 Å². The fourth-order valence-electron chi connectivity index (χ4n) is 2.23. The maximum Gasteiger partial charge on any atom is 0.243 e. The van der Waals surface area contributed by atoms with Gasteiger partial charge in [0.2, 0.25) is 10.0 Å². The number of nitrogens with zero attached hydrogens (tertiary/aromatic N) is 1. The molecule has 0 saturated carbocycles. The van der Waals surface area contributed by atoms with Gasteiger partial charge in [0, 0.05) is 25.2 Å². The molecule has 0 amide bonds. The number of hydrogen-bond donors (Lipinski definition) is 1. The molecule has 1 fully saturated rings. The summed E-state index contributed by atoms with van der Waals surface area (Å²) in [4.78, 5) is 0.392. The summed E-state index contributed by atoms with van der Waals surface area (Å²) in [6, 6.07) is 7.28. The Hall–Kier alpha value is -0.620. The highest BCUT2D eigenvalue weighted by Crippen LogP contribution is 2.21. The molecule has 0 radical (unpaired) electrons. The molecular weight excluding hydrogens is 284 g/mol. The molecule has 0 aromatic heterocycles. The topological polar surface area (TPSA) is 49.4 Å². The molecule has 2 atom stereocenters. The molecule has 1 saturated heterocycles. The Bertz CT molecular complexity index is 533. The van der Waals surface area contributed by atoms with E-state index >= 15 is 0 Å². The van der Waals surface area contributed by atoms with Crippen LogP contribution in [0.1, 0.15) is 19.4 Å². The predicted molar refractivity (Wildman–Crippen MR) is 79.2 cm³/mol. The van der Waals surface area contributed by atoms with E-state index in [0.29, 0.717) is 18.0 Å². The van der Waals surface area contributed by atoms with Crippen molar-refractivity contribution in [2.45, 2.75) is 37.8 Å². The number of piperazine rings is 1. The number of sulfonamides is 1. The van der Waals surface area contributed by atoms with Gasteiger partial charge in [-0.25, -0.2) is 8.42 Å². The van der Waals surface area contributed by atoms with Crippen LogP contribution in [0.3, 0.4) is 0 Å². The standard InChI is InChI=1S/C13H20N2O2S.ClH/c1-10-5-4-6-13(7-10)18(16,17)15-9-11(2)14-8-12(15)3;/h4-7,11-12,14H,8-9H2,1-3H3;1H. The average molecular weight is 305 g/mol. The van der Waals surface area contributed by atoms with E-state index in [-0.39, 0.29) is 24.5 Å². The Morgan fingerprint density at radius 3 is 2.63 bits per heavy atom. The van der Waals surface area contributed by atoms with Gasteiger partial charge in [-0.2, -0.15) is 4.31 Å². The Morgan fingerprint density at radius 2 is 2.00 bits per heavy atom. The summed E-state index contributed by atoms with van der Waals surface area (Å²) in [5.74, 6) is 0. The molecule has 1 aromatic carbocycles. The minimum absolute atomic E-state index is 0. The van der Waals surface area contributed by atoms with Crippen LogP contribution in [0.2, 0.25) is 0 Å². The van der Waals surface area contributed by atoms with E-state index in [1.165, 1.54) is 0 Å². The van der Waals surface area contributed by atoms with Gasteiger partial charge in [0.15, 0.2) is 0 Å². The fourth-order valence-corrected chi connectivity index (χ4v) is 4.06. The van der Waals surface area contributed by atoms with Gasteiger partial charge in [-0.3, -0.25) is 0 Å². The highest BCUT2D eigenvalue weighted by molar-refractivity contribution is 7.89. The summed E-state index contributed by atoms with van der Waals surface area (Å²) in [7, 11) is -3.37. The molecule has 1 aromatic rings. The van der Waals surface area contributed by atoms with Gasteiger partial charge < -0.3 is 5.32 Å². The van der Waals surface area contributed by atoms with Crippen molar-refractivity contribution in [2.75, 3.05) is 13.1 Å². The minimum atomic E-state index is -3.37. The van der Waals surface area contributed by atoms with E-state index in [9.17, 15) is 8.42 Å². The van der Waals surface area contributed by atoms with E-state index in [1.807, 2.05) is 26.8 Å². The molecule has 0 bridgehead atoms. The number of benzene rings is 1. The molecular formula is C13H21ClN2O2S. The van der Waals surface area contributed by atoms with Crippen LogP contribution in [-0.2, 0) is 10.0 Å². The molecule has 4 nitrogen and oxygen atoms in total. The third kappa shape index (κ3) is 3.48. The second-order valence-corrected chi connectivity index (χ2v) is 6.94. The number of rotatable bonds is 2. The van der Waals surface area contributed by atoms with Gasteiger partial charge in [-0.15, -0.1) is 12.4 Å². The minimum Gasteiger partial charge on any atom is -0.311 e. The SMILES string of the molecule is Cc1cccc(S(=O)(=O)N2CC(C)NCC2C)c1.Cl. The van der Waals surface area contributed by atoms with E-state index in [2.05, 4.69) is 5.32 Å². The van der Waals surface area contributed by atoms with Crippen LogP contribution in [0.25, 0.3) is 0 Å². The Labute approximate surface area is 121 Å². The third-order valence-corrected chi connectivity index (χ3v) is 5.28. The molecule has 1 heterocycles. The first-order valence-electron chi connectivity index (χ1n) is 6.23. The summed E-state index contributed by atoms with van der Waals surface area (Å²) in [6.45, 7) is 7.07. The zero-order valence-electron chi connectivity index (χ0n) is 11.5. The molecule has 0 spiro atoms. The molecule has 0 aliphatic carbocycles. The summed E-state index contributed by atoms with van der Waals surface area (Å²) < 4.78 is 26.8. The van der Waals surface area contributed by atoms with Crippen LogP contribution >= 0.6 is 12.4 Å². The van der Waals surface area contributed by atoms with Gasteiger partial charge >= 0.3 is 0 Å². The maximum atomic E-state index is 12.6. The lowest BCUT2D eigenvalue weighted by molar-refractivity contribution is 0.244. The van der Waals surface area contributed by atoms with Crippen LogP contribution in [0.4, 0.5) is 0 Å². The summed E-state index contributed by atoms with van der Waals surface area (Å²) in [5, 5.41) is 3.29. The monoisotopic (exact) mass is 304 g/mol. The van der Waals surface area contributed by atoms with Crippen LogP contribution < -0.4 is 5.32 Å². The number of halogens is 1. The van der Waals surface area contributed by atoms with Crippen LogP contribution in [-0.4, -0.2) is 37.9 Å². The maximum absolute atomic E-state index is 12.6. The summed E-state index contributed by atoms with van der Waals surface area (Å²) in [5.41, 5.74) is 0.965. The molecule has 19 heavy (non-hydrogen) atoms. The molecule has 1 aliphatic heterocycles. The van der Waals surface area contributed by atoms with Gasteiger partial charge in [-0.1, -0.05) is 12.1 Å². The number of hydrogen-bond acceptors (Lipinski definition) is 3. The quantitative estimate of drug-likeness (QED) is 0.906. The van der Waals surface area contributed by atoms with E-state index in [0.717, 1.165) is 5.56 Å². The van der Waals surface area contributed by atoms with Crippen molar-refractivity contribution in [3.63, 3.8) is 0 Å². The van der Waals surface area contributed by atoms with Crippen molar-refractivity contribution in [2.24, 2.45) is 0 Å². The third-order valence-electron chi connectivity index (χ3n) is 3.30. The molecule has 2 rings (SSSR count). The normalized spacial score (nSPS) is 24.8. The zero-order chi connectivity index (χ0) is 13.3. The van der Waals surface area contributed by atoms with Gasteiger partial charge in [0.05, 0.1) is 4.90 Å². The van der Waals surface area contributed by atoms with Gasteiger partial charge in [0.1, 0.15) is 0 Å². The molecule has 6 heteroatoms. The summed E-state index contributed by atoms with van der Waals surface area (Å²) >= 11 is 0. The van der Waals surface area contributed by atoms with Crippen LogP contribution in [0.5, 0.6) is 0 Å². The van der Waals surface area contributed by atoms with Gasteiger partial charge in [0.25, 0.3) is 0 Å². The lowest BCUT2D eigenvalue weighted by Gasteiger charge is -2.36. The van der Waals surface area contributed by atoms with E-state index in [4.69, 9.17) is 0 Å². The first-order valence-corrected chi connectivity index (χ1v) is 7.67. The molecule has 2 unspecified atom stereocenters. The Kier molecular flexibility index (Phi) is 5.38. The van der Waals surface area contributed by atoms with Crippen LogP contribution in [0.15, 0.2) is 29.2 Å². The van der Waals surface area contributed by atoms with Crippen molar-refractivity contribution in [1.82, 2.24) is 9.62 Å². The predicted octanol–water partition coefficient (Wildman–Crippen LogP) is 1.79. The van der Waals surface area contributed by atoms with E-state index in [1.54, 1.807) is 22.5 Å². The smallest absolute Gasteiger partial charge is 0.243 e. The first-order chi connectivity index (χ1) is 8.41.